The van der Waals surface area contributed by atoms with E-state index in [4.69, 9.17) is 20.3 Å². The fourth-order valence-electron chi connectivity index (χ4n) is 3.06. The molecule has 2 rings (SSSR count). The van der Waals surface area contributed by atoms with Crippen LogP contribution in [0.15, 0.2) is 42.7 Å². The highest BCUT2D eigenvalue weighted by Crippen LogP contribution is 2.41. The minimum atomic E-state index is -2.31. The van der Waals surface area contributed by atoms with Crippen molar-refractivity contribution in [3.05, 3.63) is 59.7 Å². The highest BCUT2D eigenvalue weighted by Gasteiger charge is 2.41. The van der Waals surface area contributed by atoms with E-state index in [9.17, 15) is 9.18 Å². The third kappa shape index (κ3) is 7.85. The van der Waals surface area contributed by atoms with Crippen LogP contribution in [0.25, 0.3) is 0 Å². The fraction of sp³-hybridized carbons (Fsp3) is 0.462. The van der Waals surface area contributed by atoms with Crippen LogP contribution in [0.5, 0.6) is 5.75 Å². The lowest BCUT2D eigenvalue weighted by Gasteiger charge is -2.41. The molecule has 1 aromatic heterocycles. The van der Waals surface area contributed by atoms with Crippen molar-refractivity contribution in [2.45, 2.75) is 70.5 Å². The van der Waals surface area contributed by atoms with Crippen molar-refractivity contribution in [2.75, 3.05) is 7.11 Å². The van der Waals surface area contributed by atoms with Gasteiger partial charge in [-0.25, -0.2) is 9.18 Å². The maximum atomic E-state index is 14.1. The highest BCUT2D eigenvalue weighted by atomic mass is 28.4. The summed E-state index contributed by atoms with van der Waals surface area (Å²) in [5.41, 5.74) is 1.36. The van der Waals surface area contributed by atoms with Gasteiger partial charge in [0.1, 0.15) is 18.2 Å². The van der Waals surface area contributed by atoms with Crippen LogP contribution in [0.2, 0.25) is 18.1 Å². The second-order valence-corrected chi connectivity index (χ2v) is 14.4. The molecule has 0 unspecified atom stereocenters. The molecular weight excluding hydrogens is 451 g/mol. The van der Waals surface area contributed by atoms with Crippen LogP contribution in [0.1, 0.15) is 50.8 Å². The maximum absolute atomic E-state index is 14.1. The van der Waals surface area contributed by atoms with Crippen molar-refractivity contribution >= 4 is 14.4 Å². The maximum Gasteiger partial charge on any atom is 0.407 e. The molecule has 1 aromatic carbocycles. The van der Waals surface area contributed by atoms with Gasteiger partial charge in [-0.15, -0.1) is 12.3 Å². The molecule has 0 aliphatic rings. The summed E-state index contributed by atoms with van der Waals surface area (Å²) < 4.78 is 31.3. The Kier molecular flexibility index (Phi) is 9.65. The number of nitrogens with zero attached hydrogens (tertiary/aromatic N) is 1. The number of carbonyl (C=O) groups excluding carboxylic acids is 1. The number of pyridine rings is 1. The molecule has 2 atom stereocenters. The monoisotopic (exact) mass is 486 g/mol. The predicted octanol–water partition coefficient (Wildman–Crippen LogP) is 6.00. The number of rotatable bonds is 10. The summed E-state index contributed by atoms with van der Waals surface area (Å²) in [4.78, 5) is 16.7. The van der Waals surface area contributed by atoms with Gasteiger partial charge in [0, 0.05) is 18.2 Å². The van der Waals surface area contributed by atoms with Gasteiger partial charge in [-0.3, -0.25) is 4.98 Å². The molecule has 2 aromatic rings. The first kappa shape index (κ1) is 27.4. The normalized spacial score (nSPS) is 13.5. The van der Waals surface area contributed by atoms with Gasteiger partial charge in [0.15, 0.2) is 8.32 Å². The van der Waals surface area contributed by atoms with E-state index in [1.807, 2.05) is 12.1 Å². The summed E-state index contributed by atoms with van der Waals surface area (Å²) in [5.74, 6) is 2.86. The van der Waals surface area contributed by atoms with Gasteiger partial charge < -0.3 is 19.2 Å². The molecule has 0 aliphatic heterocycles. The molecule has 6 nitrogen and oxygen atoms in total. The van der Waals surface area contributed by atoms with Crippen LogP contribution in [0.3, 0.4) is 0 Å². The summed E-state index contributed by atoms with van der Waals surface area (Å²) in [6.07, 6.45) is 7.82. The van der Waals surface area contributed by atoms with Crippen molar-refractivity contribution in [3.63, 3.8) is 0 Å². The van der Waals surface area contributed by atoms with Crippen molar-refractivity contribution in [1.29, 1.82) is 0 Å². The molecule has 1 N–H and O–H groups in total. The molecule has 0 aliphatic carbocycles. The van der Waals surface area contributed by atoms with E-state index >= 15 is 0 Å². The molecule has 0 fully saturated rings. The van der Waals surface area contributed by atoms with E-state index in [2.05, 4.69) is 50.1 Å². The lowest BCUT2D eigenvalue weighted by atomic mass is 10.00. The second kappa shape index (κ2) is 12.0. The molecule has 8 heteroatoms. The number of carbonyl (C=O) groups is 1. The predicted molar refractivity (Wildman–Crippen MR) is 133 cm³/mol. The quantitative estimate of drug-likeness (QED) is 0.329. The number of terminal acetylenes is 1. The zero-order valence-electron chi connectivity index (χ0n) is 20.9. The van der Waals surface area contributed by atoms with E-state index in [0.717, 1.165) is 17.5 Å². The number of hydrogen-bond acceptors (Lipinski definition) is 5. The average molecular weight is 487 g/mol. The standard InChI is InChI=1S/C26H35FN2O4Si/c1-8-9-10-23(29-25(30)32-18-19-11-13-22(31-5)14-12-19)24(20-15-21(27)17-28-16-20)33-34(6,7)26(2,3)4/h1,11-17,23-24H,9-10,18H2,2-7H3,(H,29,30)/t23-,24-/m1/s1. The highest BCUT2D eigenvalue weighted by molar-refractivity contribution is 6.74. The van der Waals surface area contributed by atoms with Crippen LogP contribution in [-0.2, 0) is 15.8 Å². The van der Waals surface area contributed by atoms with Crippen LogP contribution in [-0.4, -0.2) is 32.5 Å². The topological polar surface area (TPSA) is 69.7 Å². The molecule has 1 amide bonds. The lowest BCUT2D eigenvalue weighted by molar-refractivity contribution is 0.104. The summed E-state index contributed by atoms with van der Waals surface area (Å²) >= 11 is 0. The Morgan fingerprint density at radius 3 is 2.47 bits per heavy atom. The van der Waals surface area contributed by atoms with Crippen LogP contribution in [0.4, 0.5) is 9.18 Å². The van der Waals surface area contributed by atoms with Crippen LogP contribution in [0, 0.1) is 18.2 Å². The minimum Gasteiger partial charge on any atom is -0.497 e. The van der Waals surface area contributed by atoms with Crippen LogP contribution >= 0.6 is 0 Å². The van der Waals surface area contributed by atoms with Gasteiger partial charge in [-0.2, -0.15) is 0 Å². The number of halogens is 1. The Morgan fingerprint density at radius 2 is 1.91 bits per heavy atom. The first-order valence-electron chi connectivity index (χ1n) is 11.2. The Morgan fingerprint density at radius 1 is 1.24 bits per heavy atom. The van der Waals surface area contributed by atoms with Gasteiger partial charge in [-0.1, -0.05) is 32.9 Å². The van der Waals surface area contributed by atoms with Gasteiger partial charge in [0.05, 0.1) is 25.5 Å². The molecule has 0 bridgehead atoms. The van der Waals surface area contributed by atoms with Crippen molar-refractivity contribution in [2.24, 2.45) is 0 Å². The van der Waals surface area contributed by atoms with E-state index in [-0.39, 0.29) is 11.6 Å². The van der Waals surface area contributed by atoms with Gasteiger partial charge in [-0.05, 0) is 48.3 Å². The fourth-order valence-corrected chi connectivity index (χ4v) is 4.35. The van der Waals surface area contributed by atoms with Gasteiger partial charge in [0.25, 0.3) is 0 Å². The van der Waals surface area contributed by atoms with Gasteiger partial charge in [0.2, 0.25) is 0 Å². The number of alkyl carbamates (subject to hydrolysis) is 1. The summed E-state index contributed by atoms with van der Waals surface area (Å²) in [6, 6.07) is 8.10. The zero-order chi connectivity index (χ0) is 25.4. The van der Waals surface area contributed by atoms with Crippen molar-refractivity contribution in [1.82, 2.24) is 10.3 Å². The Labute approximate surface area is 203 Å². The molecule has 0 saturated carbocycles. The lowest BCUT2D eigenvalue weighted by Crippen LogP contribution is -2.48. The van der Waals surface area contributed by atoms with E-state index in [1.54, 1.807) is 25.4 Å². The van der Waals surface area contributed by atoms with Gasteiger partial charge >= 0.3 is 6.09 Å². The SMILES string of the molecule is C#CCC[C@@H](NC(=O)OCc1ccc(OC)cc1)[C@H](O[Si](C)(C)C(C)(C)C)c1cncc(F)c1. The molecular formula is C26H35FN2O4Si. The van der Waals surface area contributed by atoms with E-state index in [0.29, 0.717) is 18.4 Å². The first-order chi connectivity index (χ1) is 16.0. The molecule has 34 heavy (non-hydrogen) atoms. The number of hydrogen-bond donors (Lipinski definition) is 1. The zero-order valence-corrected chi connectivity index (χ0v) is 21.9. The minimum absolute atomic E-state index is 0.0902. The number of methoxy groups -OCH3 is 1. The third-order valence-corrected chi connectivity index (χ3v) is 10.5. The van der Waals surface area contributed by atoms with Crippen LogP contribution < -0.4 is 10.1 Å². The molecule has 184 valence electrons. The number of benzene rings is 1. The summed E-state index contributed by atoms with van der Waals surface area (Å²) in [7, 11) is -0.718. The third-order valence-electron chi connectivity index (χ3n) is 6.08. The largest absolute Gasteiger partial charge is 0.497 e. The summed E-state index contributed by atoms with van der Waals surface area (Å²) in [6.45, 7) is 10.7. The average Bonchev–Trinajstić information content (AvgIpc) is 2.78. The van der Waals surface area contributed by atoms with E-state index in [1.165, 1.54) is 6.07 Å². The number of ether oxygens (including phenoxy) is 2. The Balaban J connectivity index is 2.25. The number of nitrogens with one attached hydrogen (secondary N) is 1. The Hall–Kier alpha value is -2.89. The number of amides is 1. The molecule has 0 saturated heterocycles. The molecule has 0 spiro atoms. The molecule has 1 heterocycles. The first-order valence-corrected chi connectivity index (χ1v) is 14.2. The van der Waals surface area contributed by atoms with E-state index < -0.39 is 32.4 Å². The summed E-state index contributed by atoms with van der Waals surface area (Å²) in [5, 5.41) is 2.80. The van der Waals surface area contributed by atoms with Crippen molar-refractivity contribution < 1.29 is 23.1 Å². The second-order valence-electron chi connectivity index (χ2n) is 9.65. The smallest absolute Gasteiger partial charge is 0.407 e. The number of aromatic nitrogens is 1. The molecule has 0 radical (unpaired) electrons. The Bertz CT molecular complexity index is 984. The van der Waals surface area contributed by atoms with Crippen molar-refractivity contribution in [3.8, 4) is 18.1 Å².